The van der Waals surface area contributed by atoms with Crippen LogP contribution in [0.1, 0.15) is 33.9 Å². The molecular weight excluding hydrogens is 244 g/mol. The molecule has 1 unspecified atom stereocenters. The van der Waals surface area contributed by atoms with Crippen LogP contribution in [0.5, 0.6) is 0 Å². The van der Waals surface area contributed by atoms with E-state index in [4.69, 9.17) is 5.73 Å². The minimum atomic E-state index is -0.656. The fraction of sp³-hybridized carbons (Fsp3) is 0.250. The quantitative estimate of drug-likeness (QED) is 0.870. The molecule has 1 nitrogen and oxygen atoms in total. The Hall–Kier alpha value is -1.74. The summed E-state index contributed by atoms with van der Waals surface area (Å²) in [5, 5.41) is 0. The van der Waals surface area contributed by atoms with E-state index in [9.17, 15) is 8.78 Å². The summed E-state index contributed by atoms with van der Waals surface area (Å²) in [5.74, 6) is -0.699. The molecule has 0 fully saturated rings. The van der Waals surface area contributed by atoms with Gasteiger partial charge in [0.25, 0.3) is 0 Å². The molecular formula is C16H17F2N. The monoisotopic (exact) mass is 261 g/mol. The summed E-state index contributed by atoms with van der Waals surface area (Å²) < 4.78 is 27.4. The molecule has 0 aliphatic carbocycles. The van der Waals surface area contributed by atoms with Gasteiger partial charge in [-0.05, 0) is 61.2 Å². The molecule has 100 valence electrons. The van der Waals surface area contributed by atoms with E-state index >= 15 is 0 Å². The lowest BCUT2D eigenvalue weighted by molar-refractivity contribution is 0.591. The molecule has 0 amide bonds. The number of hydrogen-bond donors (Lipinski definition) is 1. The molecule has 0 radical (unpaired) electrons. The Balaban J connectivity index is 2.56. The molecule has 19 heavy (non-hydrogen) atoms. The Labute approximate surface area is 112 Å². The zero-order valence-electron chi connectivity index (χ0n) is 11.3. The standard InChI is InChI=1S/C16H17F2N/c1-9-6-11(3)15(14(18)7-9)16(19)13-8-12(17)5-4-10(13)2/h4-8,16H,19H2,1-3H3. The predicted molar refractivity (Wildman–Crippen MR) is 73.0 cm³/mol. The van der Waals surface area contributed by atoms with E-state index in [1.165, 1.54) is 18.2 Å². The van der Waals surface area contributed by atoms with Crippen molar-refractivity contribution in [3.05, 3.63) is 69.8 Å². The summed E-state index contributed by atoms with van der Waals surface area (Å²) in [6.45, 7) is 5.49. The smallest absolute Gasteiger partial charge is 0.128 e. The lowest BCUT2D eigenvalue weighted by Crippen LogP contribution is -2.17. The van der Waals surface area contributed by atoms with E-state index in [0.29, 0.717) is 11.1 Å². The van der Waals surface area contributed by atoms with Gasteiger partial charge in [0, 0.05) is 5.56 Å². The summed E-state index contributed by atoms with van der Waals surface area (Å²) in [6.07, 6.45) is 0. The van der Waals surface area contributed by atoms with Gasteiger partial charge >= 0.3 is 0 Å². The molecule has 0 saturated carbocycles. The van der Waals surface area contributed by atoms with Crippen LogP contribution in [0, 0.1) is 32.4 Å². The molecule has 2 aromatic rings. The SMILES string of the molecule is Cc1cc(C)c(C(N)c2cc(F)ccc2C)c(F)c1. The molecule has 1 atom stereocenters. The molecule has 0 aliphatic heterocycles. The van der Waals surface area contributed by atoms with Crippen molar-refractivity contribution < 1.29 is 8.78 Å². The molecule has 3 heteroatoms. The van der Waals surface area contributed by atoms with Crippen LogP contribution in [-0.2, 0) is 0 Å². The predicted octanol–water partition coefficient (Wildman–Crippen LogP) is 3.94. The number of aryl methyl sites for hydroxylation is 3. The molecule has 0 bridgehead atoms. The average molecular weight is 261 g/mol. The van der Waals surface area contributed by atoms with Gasteiger partial charge in [-0.15, -0.1) is 0 Å². The third-order valence-corrected chi connectivity index (χ3v) is 3.37. The van der Waals surface area contributed by atoms with Crippen LogP contribution in [0.4, 0.5) is 8.78 Å². The number of hydrogen-bond acceptors (Lipinski definition) is 1. The highest BCUT2D eigenvalue weighted by Crippen LogP contribution is 2.28. The number of rotatable bonds is 2. The van der Waals surface area contributed by atoms with Crippen LogP contribution < -0.4 is 5.73 Å². The molecule has 0 heterocycles. The summed E-state index contributed by atoms with van der Waals surface area (Å²) in [4.78, 5) is 0. The fourth-order valence-corrected chi connectivity index (χ4v) is 2.42. The highest BCUT2D eigenvalue weighted by atomic mass is 19.1. The van der Waals surface area contributed by atoms with E-state index in [1.807, 2.05) is 26.8 Å². The van der Waals surface area contributed by atoms with Crippen molar-refractivity contribution in [3.8, 4) is 0 Å². The van der Waals surface area contributed by atoms with Crippen molar-refractivity contribution in [3.63, 3.8) is 0 Å². The Bertz CT molecular complexity index is 597. The van der Waals surface area contributed by atoms with Gasteiger partial charge in [-0.1, -0.05) is 12.1 Å². The lowest BCUT2D eigenvalue weighted by atomic mass is 9.91. The normalized spacial score (nSPS) is 12.5. The maximum Gasteiger partial charge on any atom is 0.128 e. The first-order valence-corrected chi connectivity index (χ1v) is 6.18. The Morgan fingerprint density at radius 2 is 1.63 bits per heavy atom. The van der Waals surface area contributed by atoms with Gasteiger partial charge in [-0.3, -0.25) is 0 Å². The number of halogens is 2. The van der Waals surface area contributed by atoms with Crippen LogP contribution in [0.15, 0.2) is 30.3 Å². The lowest BCUT2D eigenvalue weighted by Gasteiger charge is -2.19. The molecule has 2 rings (SSSR count). The van der Waals surface area contributed by atoms with E-state index in [2.05, 4.69) is 0 Å². The first kappa shape index (κ1) is 13.7. The van der Waals surface area contributed by atoms with E-state index in [-0.39, 0.29) is 11.6 Å². The first-order chi connectivity index (χ1) is 8.90. The van der Waals surface area contributed by atoms with Crippen molar-refractivity contribution in [2.45, 2.75) is 26.8 Å². The van der Waals surface area contributed by atoms with Crippen LogP contribution >= 0.6 is 0 Å². The highest BCUT2D eigenvalue weighted by molar-refractivity contribution is 5.42. The van der Waals surface area contributed by atoms with Crippen LogP contribution in [0.2, 0.25) is 0 Å². The molecule has 2 aromatic carbocycles. The summed E-state index contributed by atoms with van der Waals surface area (Å²) in [5.41, 5.74) is 9.67. The first-order valence-electron chi connectivity index (χ1n) is 6.18. The minimum absolute atomic E-state index is 0.339. The topological polar surface area (TPSA) is 26.0 Å². The van der Waals surface area contributed by atoms with Gasteiger partial charge in [0.1, 0.15) is 11.6 Å². The van der Waals surface area contributed by atoms with Gasteiger partial charge in [0.2, 0.25) is 0 Å². The second kappa shape index (κ2) is 5.10. The summed E-state index contributed by atoms with van der Waals surface area (Å²) in [6, 6.07) is 7.09. The fourth-order valence-electron chi connectivity index (χ4n) is 2.42. The summed E-state index contributed by atoms with van der Waals surface area (Å²) >= 11 is 0. The maximum absolute atomic E-state index is 14.1. The van der Waals surface area contributed by atoms with Gasteiger partial charge in [-0.25, -0.2) is 8.78 Å². The zero-order valence-corrected chi connectivity index (χ0v) is 11.3. The van der Waals surface area contributed by atoms with Crippen LogP contribution in [0.25, 0.3) is 0 Å². The second-order valence-corrected chi connectivity index (χ2v) is 4.96. The largest absolute Gasteiger partial charge is 0.320 e. The van der Waals surface area contributed by atoms with Crippen LogP contribution in [0.3, 0.4) is 0 Å². The van der Waals surface area contributed by atoms with Gasteiger partial charge in [0.15, 0.2) is 0 Å². The van der Waals surface area contributed by atoms with Crippen molar-refractivity contribution >= 4 is 0 Å². The van der Waals surface area contributed by atoms with Crippen molar-refractivity contribution in [2.75, 3.05) is 0 Å². The van der Waals surface area contributed by atoms with E-state index in [0.717, 1.165) is 16.7 Å². The van der Waals surface area contributed by atoms with Gasteiger partial charge in [-0.2, -0.15) is 0 Å². The number of nitrogens with two attached hydrogens (primary N) is 1. The molecule has 0 saturated heterocycles. The second-order valence-electron chi connectivity index (χ2n) is 4.96. The third-order valence-electron chi connectivity index (χ3n) is 3.37. The average Bonchev–Trinajstić information content (AvgIpc) is 2.30. The Morgan fingerprint density at radius 1 is 0.947 bits per heavy atom. The molecule has 0 aromatic heterocycles. The van der Waals surface area contributed by atoms with Crippen LogP contribution in [-0.4, -0.2) is 0 Å². The van der Waals surface area contributed by atoms with E-state index in [1.54, 1.807) is 6.07 Å². The minimum Gasteiger partial charge on any atom is -0.320 e. The maximum atomic E-state index is 14.1. The molecule has 2 N–H and O–H groups in total. The summed E-state index contributed by atoms with van der Waals surface area (Å²) in [7, 11) is 0. The Morgan fingerprint density at radius 3 is 2.26 bits per heavy atom. The highest BCUT2D eigenvalue weighted by Gasteiger charge is 2.18. The number of benzene rings is 2. The molecule has 0 spiro atoms. The van der Waals surface area contributed by atoms with Crippen molar-refractivity contribution in [1.82, 2.24) is 0 Å². The van der Waals surface area contributed by atoms with E-state index < -0.39 is 6.04 Å². The van der Waals surface area contributed by atoms with Crippen molar-refractivity contribution in [2.24, 2.45) is 5.73 Å². The van der Waals surface area contributed by atoms with Crippen molar-refractivity contribution in [1.29, 1.82) is 0 Å². The zero-order chi connectivity index (χ0) is 14.2. The third kappa shape index (κ3) is 2.66. The van der Waals surface area contributed by atoms with Gasteiger partial charge < -0.3 is 5.73 Å². The van der Waals surface area contributed by atoms with Gasteiger partial charge in [0.05, 0.1) is 6.04 Å². The Kier molecular flexibility index (Phi) is 3.67. The molecule has 0 aliphatic rings.